The van der Waals surface area contributed by atoms with Gasteiger partial charge in [0.2, 0.25) is 0 Å². The van der Waals surface area contributed by atoms with Crippen LogP contribution in [0, 0.1) is 5.92 Å². The summed E-state index contributed by atoms with van der Waals surface area (Å²) in [5.41, 5.74) is 2.90. The van der Waals surface area contributed by atoms with Gasteiger partial charge in [0.1, 0.15) is 5.75 Å². The molecule has 0 spiro atoms. The number of hydrogen-bond donors (Lipinski definition) is 1. The normalized spacial score (nSPS) is 28.3. The highest BCUT2D eigenvalue weighted by Crippen LogP contribution is 2.42. The van der Waals surface area contributed by atoms with Gasteiger partial charge in [0, 0.05) is 6.04 Å². The first-order valence-electron chi connectivity index (χ1n) is 5.79. The quantitative estimate of drug-likeness (QED) is 0.756. The summed E-state index contributed by atoms with van der Waals surface area (Å²) in [5.74, 6) is 1.92. The number of hydrogen-bond acceptors (Lipinski definition) is 2. The van der Waals surface area contributed by atoms with E-state index in [-0.39, 0.29) is 0 Å². The number of nitrogens with one attached hydrogen (secondary N) is 1. The molecule has 1 N–H and O–H groups in total. The molecular formula is C13H17NO. The zero-order valence-electron chi connectivity index (χ0n) is 9.12. The Bertz CT molecular complexity index is 375. The molecular weight excluding hydrogens is 186 g/mol. The highest BCUT2D eigenvalue weighted by molar-refractivity contribution is 5.44. The monoisotopic (exact) mass is 203 g/mol. The van der Waals surface area contributed by atoms with Crippen LogP contribution in [0.15, 0.2) is 18.2 Å². The second-order valence-electron chi connectivity index (χ2n) is 4.55. The van der Waals surface area contributed by atoms with Crippen LogP contribution in [0.5, 0.6) is 5.75 Å². The molecule has 2 nitrogen and oxygen atoms in total. The largest absolute Gasteiger partial charge is 0.496 e. The van der Waals surface area contributed by atoms with Gasteiger partial charge in [-0.15, -0.1) is 0 Å². The van der Waals surface area contributed by atoms with E-state index in [4.69, 9.17) is 4.74 Å². The van der Waals surface area contributed by atoms with Crippen molar-refractivity contribution in [2.75, 3.05) is 13.7 Å². The van der Waals surface area contributed by atoms with E-state index in [9.17, 15) is 0 Å². The molecule has 0 unspecified atom stereocenters. The Balaban J connectivity index is 2.07. The maximum absolute atomic E-state index is 5.43. The van der Waals surface area contributed by atoms with Gasteiger partial charge >= 0.3 is 0 Å². The number of methoxy groups -OCH3 is 1. The molecule has 3 rings (SSSR count). The fourth-order valence-electron chi connectivity index (χ4n) is 3.09. The Hall–Kier alpha value is -1.02. The first kappa shape index (κ1) is 9.22. The van der Waals surface area contributed by atoms with E-state index >= 15 is 0 Å². The topological polar surface area (TPSA) is 21.3 Å². The maximum atomic E-state index is 5.43. The molecule has 1 aromatic carbocycles. The summed E-state index contributed by atoms with van der Waals surface area (Å²) in [6, 6.07) is 7.03. The minimum atomic E-state index is 0.587. The lowest BCUT2D eigenvalue weighted by Gasteiger charge is -2.29. The number of rotatable bonds is 1. The molecule has 1 fully saturated rings. The minimum Gasteiger partial charge on any atom is -0.496 e. The second-order valence-corrected chi connectivity index (χ2v) is 4.55. The molecule has 1 aliphatic heterocycles. The molecule has 1 saturated heterocycles. The van der Waals surface area contributed by atoms with Gasteiger partial charge < -0.3 is 10.1 Å². The van der Waals surface area contributed by atoms with Crippen molar-refractivity contribution in [3.8, 4) is 5.75 Å². The third-order valence-electron chi connectivity index (χ3n) is 3.84. The van der Waals surface area contributed by atoms with Crippen molar-refractivity contribution in [1.29, 1.82) is 0 Å². The molecule has 2 heteroatoms. The van der Waals surface area contributed by atoms with Crippen LogP contribution < -0.4 is 10.1 Å². The molecule has 2 aliphatic rings. The molecule has 1 heterocycles. The van der Waals surface area contributed by atoms with Gasteiger partial charge in [-0.1, -0.05) is 12.1 Å². The van der Waals surface area contributed by atoms with E-state index in [0.29, 0.717) is 6.04 Å². The SMILES string of the molecule is COc1cccc2c1CC[C@@H]1CCN[C@H]21. The van der Waals surface area contributed by atoms with E-state index in [1.54, 1.807) is 7.11 Å². The summed E-state index contributed by atoms with van der Waals surface area (Å²) in [6.07, 6.45) is 3.83. The summed E-state index contributed by atoms with van der Waals surface area (Å²) >= 11 is 0. The summed E-state index contributed by atoms with van der Waals surface area (Å²) in [7, 11) is 1.77. The Labute approximate surface area is 90.6 Å². The van der Waals surface area contributed by atoms with Gasteiger partial charge in [0.25, 0.3) is 0 Å². The summed E-state index contributed by atoms with van der Waals surface area (Å²) < 4.78 is 5.43. The fourth-order valence-corrected chi connectivity index (χ4v) is 3.09. The van der Waals surface area contributed by atoms with Crippen molar-refractivity contribution in [3.63, 3.8) is 0 Å². The number of fused-ring (bicyclic) bond motifs is 3. The summed E-state index contributed by atoms with van der Waals surface area (Å²) in [5, 5.41) is 3.61. The molecule has 1 aliphatic carbocycles. The summed E-state index contributed by atoms with van der Waals surface area (Å²) in [4.78, 5) is 0. The zero-order valence-corrected chi connectivity index (χ0v) is 9.12. The Morgan fingerprint density at radius 2 is 2.27 bits per heavy atom. The number of benzene rings is 1. The average Bonchev–Trinajstić information content (AvgIpc) is 2.76. The zero-order chi connectivity index (χ0) is 10.3. The molecule has 1 aromatic rings. The molecule has 0 amide bonds. The van der Waals surface area contributed by atoms with Crippen molar-refractivity contribution in [3.05, 3.63) is 29.3 Å². The summed E-state index contributed by atoms with van der Waals surface area (Å²) in [6.45, 7) is 1.17. The third kappa shape index (κ3) is 1.36. The lowest BCUT2D eigenvalue weighted by molar-refractivity contribution is 0.376. The van der Waals surface area contributed by atoms with Crippen LogP contribution in [-0.4, -0.2) is 13.7 Å². The third-order valence-corrected chi connectivity index (χ3v) is 3.84. The minimum absolute atomic E-state index is 0.587. The van der Waals surface area contributed by atoms with Crippen LogP contribution >= 0.6 is 0 Å². The van der Waals surface area contributed by atoms with Crippen LogP contribution in [0.2, 0.25) is 0 Å². The van der Waals surface area contributed by atoms with Crippen LogP contribution in [0.1, 0.15) is 30.0 Å². The van der Waals surface area contributed by atoms with Crippen molar-refractivity contribution in [2.45, 2.75) is 25.3 Å². The van der Waals surface area contributed by atoms with Crippen molar-refractivity contribution in [2.24, 2.45) is 5.92 Å². The highest BCUT2D eigenvalue weighted by atomic mass is 16.5. The van der Waals surface area contributed by atoms with E-state index in [0.717, 1.165) is 11.7 Å². The second kappa shape index (κ2) is 3.53. The van der Waals surface area contributed by atoms with Crippen LogP contribution in [0.25, 0.3) is 0 Å². The van der Waals surface area contributed by atoms with E-state index < -0.39 is 0 Å². The maximum Gasteiger partial charge on any atom is 0.122 e. The smallest absolute Gasteiger partial charge is 0.122 e. The number of ether oxygens (including phenoxy) is 1. The molecule has 0 aromatic heterocycles. The van der Waals surface area contributed by atoms with Crippen LogP contribution in [0.4, 0.5) is 0 Å². The van der Waals surface area contributed by atoms with Crippen LogP contribution in [-0.2, 0) is 6.42 Å². The van der Waals surface area contributed by atoms with E-state index in [1.165, 1.54) is 36.9 Å². The fraction of sp³-hybridized carbons (Fsp3) is 0.538. The lowest BCUT2D eigenvalue weighted by Crippen LogP contribution is -2.23. The van der Waals surface area contributed by atoms with Crippen LogP contribution in [0.3, 0.4) is 0 Å². The van der Waals surface area contributed by atoms with Gasteiger partial charge in [-0.05, 0) is 48.9 Å². The predicted molar refractivity (Wildman–Crippen MR) is 60.2 cm³/mol. The van der Waals surface area contributed by atoms with Gasteiger partial charge in [0.05, 0.1) is 7.11 Å². The van der Waals surface area contributed by atoms with Crippen molar-refractivity contribution < 1.29 is 4.74 Å². The Kier molecular flexibility index (Phi) is 2.17. The molecule has 0 bridgehead atoms. The van der Waals surface area contributed by atoms with Gasteiger partial charge in [-0.25, -0.2) is 0 Å². The Morgan fingerprint density at radius 3 is 3.13 bits per heavy atom. The molecule has 15 heavy (non-hydrogen) atoms. The van der Waals surface area contributed by atoms with E-state index in [1.807, 2.05) is 0 Å². The molecule has 80 valence electrons. The predicted octanol–water partition coefficient (Wildman–Crippen LogP) is 2.29. The first-order valence-corrected chi connectivity index (χ1v) is 5.79. The molecule has 2 atom stereocenters. The highest BCUT2D eigenvalue weighted by Gasteiger charge is 2.33. The van der Waals surface area contributed by atoms with Gasteiger partial charge in [0.15, 0.2) is 0 Å². The average molecular weight is 203 g/mol. The van der Waals surface area contributed by atoms with E-state index in [2.05, 4.69) is 23.5 Å². The van der Waals surface area contributed by atoms with Gasteiger partial charge in [-0.2, -0.15) is 0 Å². The standard InChI is InChI=1S/C13H17NO/c1-15-12-4-2-3-11-10(12)6-5-9-7-8-14-13(9)11/h2-4,9,13-14H,5-8H2,1H3/t9-,13+/m1/s1. The van der Waals surface area contributed by atoms with Gasteiger partial charge in [-0.3, -0.25) is 0 Å². The Morgan fingerprint density at radius 1 is 1.33 bits per heavy atom. The van der Waals surface area contributed by atoms with Crippen molar-refractivity contribution >= 4 is 0 Å². The van der Waals surface area contributed by atoms with Crippen molar-refractivity contribution in [1.82, 2.24) is 5.32 Å². The first-order chi connectivity index (χ1) is 7.40. The molecule has 0 radical (unpaired) electrons. The molecule has 0 saturated carbocycles. The lowest BCUT2D eigenvalue weighted by atomic mass is 9.80.